The summed E-state index contributed by atoms with van der Waals surface area (Å²) in [7, 11) is 1.86. The van der Waals surface area contributed by atoms with Crippen LogP contribution in [0.25, 0.3) is 0 Å². The first-order chi connectivity index (χ1) is 10.6. The van der Waals surface area contributed by atoms with Gasteiger partial charge in [0.25, 0.3) is 0 Å². The standard InChI is InChI=1S/C17H22N4O/c1-13(9-10-15-7-5-4-6-8-15)11-16(22)19-14(2)17-20-18-12-21(17)3/h4-8,11-12,14H,9-10H2,1-3H3,(H,19,22). The molecule has 0 aliphatic heterocycles. The van der Waals surface area contributed by atoms with Gasteiger partial charge in [0.2, 0.25) is 5.91 Å². The molecule has 2 rings (SSSR count). The van der Waals surface area contributed by atoms with E-state index in [4.69, 9.17) is 0 Å². The molecule has 0 spiro atoms. The second-order valence-corrected chi connectivity index (χ2v) is 5.51. The van der Waals surface area contributed by atoms with E-state index in [1.807, 2.05) is 39.1 Å². The second kappa shape index (κ2) is 7.54. The van der Waals surface area contributed by atoms with E-state index < -0.39 is 0 Å². The number of carbonyl (C=O) groups excluding carboxylic acids is 1. The van der Waals surface area contributed by atoms with Crippen molar-refractivity contribution in [2.24, 2.45) is 7.05 Å². The highest BCUT2D eigenvalue weighted by atomic mass is 16.1. The van der Waals surface area contributed by atoms with Crippen molar-refractivity contribution in [3.05, 3.63) is 59.7 Å². The van der Waals surface area contributed by atoms with Gasteiger partial charge in [-0.3, -0.25) is 4.79 Å². The van der Waals surface area contributed by atoms with E-state index >= 15 is 0 Å². The van der Waals surface area contributed by atoms with Gasteiger partial charge in [0, 0.05) is 13.1 Å². The zero-order valence-electron chi connectivity index (χ0n) is 13.3. The summed E-state index contributed by atoms with van der Waals surface area (Å²) < 4.78 is 1.80. The third-order valence-corrected chi connectivity index (χ3v) is 3.52. The predicted molar refractivity (Wildman–Crippen MR) is 86.1 cm³/mol. The Kier molecular flexibility index (Phi) is 5.47. The molecule has 0 bridgehead atoms. The topological polar surface area (TPSA) is 59.8 Å². The number of amides is 1. The zero-order valence-corrected chi connectivity index (χ0v) is 13.3. The molecule has 1 aromatic heterocycles. The number of nitrogens with one attached hydrogen (secondary N) is 1. The smallest absolute Gasteiger partial charge is 0.244 e. The fourth-order valence-corrected chi connectivity index (χ4v) is 2.29. The van der Waals surface area contributed by atoms with E-state index in [2.05, 4.69) is 27.6 Å². The number of aryl methyl sites for hydroxylation is 2. The van der Waals surface area contributed by atoms with E-state index in [9.17, 15) is 4.79 Å². The van der Waals surface area contributed by atoms with Crippen LogP contribution in [0, 0.1) is 0 Å². The first-order valence-corrected chi connectivity index (χ1v) is 7.41. The number of hydrogen-bond donors (Lipinski definition) is 1. The first kappa shape index (κ1) is 15.9. The molecule has 1 N–H and O–H groups in total. The summed E-state index contributed by atoms with van der Waals surface area (Å²) in [5, 5.41) is 10.7. The molecule has 0 saturated carbocycles. The summed E-state index contributed by atoms with van der Waals surface area (Å²) >= 11 is 0. The van der Waals surface area contributed by atoms with Gasteiger partial charge in [-0.05, 0) is 32.3 Å². The maximum absolute atomic E-state index is 12.0. The molecular formula is C17H22N4O. The van der Waals surface area contributed by atoms with E-state index in [-0.39, 0.29) is 11.9 Å². The molecule has 1 atom stereocenters. The fourth-order valence-electron chi connectivity index (χ4n) is 2.29. The Labute approximate surface area is 131 Å². The average molecular weight is 298 g/mol. The normalized spacial score (nSPS) is 13.0. The number of carbonyl (C=O) groups is 1. The average Bonchev–Trinajstić information content (AvgIpc) is 2.92. The molecule has 116 valence electrons. The Balaban J connectivity index is 1.86. The van der Waals surface area contributed by atoms with Crippen molar-refractivity contribution in [3.8, 4) is 0 Å². The van der Waals surface area contributed by atoms with Gasteiger partial charge in [-0.2, -0.15) is 0 Å². The Morgan fingerprint density at radius 1 is 1.36 bits per heavy atom. The number of nitrogens with zero attached hydrogens (tertiary/aromatic N) is 3. The largest absolute Gasteiger partial charge is 0.343 e. The number of hydrogen-bond acceptors (Lipinski definition) is 3. The van der Waals surface area contributed by atoms with Crippen LogP contribution in [0.15, 0.2) is 48.3 Å². The number of benzene rings is 1. The van der Waals surface area contributed by atoms with Crippen LogP contribution in [0.4, 0.5) is 0 Å². The van der Waals surface area contributed by atoms with Crippen LogP contribution in [-0.2, 0) is 18.3 Å². The van der Waals surface area contributed by atoms with E-state index in [1.165, 1.54) is 5.56 Å². The van der Waals surface area contributed by atoms with Crippen LogP contribution in [-0.4, -0.2) is 20.7 Å². The fraction of sp³-hybridized carbons (Fsp3) is 0.353. The lowest BCUT2D eigenvalue weighted by molar-refractivity contribution is -0.117. The molecule has 22 heavy (non-hydrogen) atoms. The summed E-state index contributed by atoms with van der Waals surface area (Å²) in [6.45, 7) is 3.88. The Hall–Kier alpha value is -2.43. The molecule has 1 heterocycles. The van der Waals surface area contributed by atoms with Crippen molar-refractivity contribution >= 4 is 5.91 Å². The lowest BCUT2D eigenvalue weighted by Gasteiger charge is -2.11. The minimum Gasteiger partial charge on any atom is -0.343 e. The summed E-state index contributed by atoms with van der Waals surface area (Å²) in [5.74, 6) is 0.643. The quantitative estimate of drug-likeness (QED) is 0.834. The lowest BCUT2D eigenvalue weighted by atomic mass is 10.1. The molecule has 5 nitrogen and oxygen atoms in total. The predicted octanol–water partition coefficient (Wildman–Crippen LogP) is 2.57. The van der Waals surface area contributed by atoms with E-state index in [0.29, 0.717) is 0 Å². The Morgan fingerprint density at radius 3 is 2.73 bits per heavy atom. The van der Waals surface area contributed by atoms with Gasteiger partial charge >= 0.3 is 0 Å². The van der Waals surface area contributed by atoms with Gasteiger partial charge < -0.3 is 9.88 Å². The molecule has 0 aliphatic carbocycles. The number of aromatic nitrogens is 3. The highest BCUT2D eigenvalue weighted by Crippen LogP contribution is 2.10. The van der Waals surface area contributed by atoms with E-state index in [0.717, 1.165) is 24.2 Å². The molecule has 2 aromatic rings. The molecule has 0 fully saturated rings. The Morgan fingerprint density at radius 2 is 2.09 bits per heavy atom. The lowest BCUT2D eigenvalue weighted by Crippen LogP contribution is -2.27. The van der Waals surface area contributed by atoms with Crippen molar-refractivity contribution in [2.45, 2.75) is 32.7 Å². The molecule has 1 unspecified atom stereocenters. The van der Waals surface area contributed by atoms with Gasteiger partial charge in [0.15, 0.2) is 5.82 Å². The SMILES string of the molecule is CC(=CC(=O)NC(C)c1nncn1C)CCc1ccccc1. The third kappa shape index (κ3) is 4.55. The van der Waals surface area contributed by atoms with Crippen molar-refractivity contribution in [1.29, 1.82) is 0 Å². The van der Waals surface area contributed by atoms with Crippen molar-refractivity contribution in [3.63, 3.8) is 0 Å². The first-order valence-electron chi connectivity index (χ1n) is 7.41. The summed E-state index contributed by atoms with van der Waals surface area (Å²) in [5.41, 5.74) is 2.34. The van der Waals surface area contributed by atoms with Gasteiger partial charge in [0.05, 0.1) is 6.04 Å². The number of rotatable bonds is 6. The van der Waals surface area contributed by atoms with Gasteiger partial charge in [-0.25, -0.2) is 0 Å². The molecule has 0 saturated heterocycles. The maximum Gasteiger partial charge on any atom is 0.244 e. The highest BCUT2D eigenvalue weighted by molar-refractivity contribution is 5.88. The number of allylic oxidation sites excluding steroid dienone is 1. The molecule has 0 radical (unpaired) electrons. The minimum atomic E-state index is -0.168. The van der Waals surface area contributed by atoms with Crippen molar-refractivity contribution in [2.75, 3.05) is 0 Å². The maximum atomic E-state index is 12.0. The van der Waals surface area contributed by atoms with E-state index in [1.54, 1.807) is 17.0 Å². The summed E-state index contributed by atoms with van der Waals surface area (Å²) in [6.07, 6.45) is 5.10. The monoisotopic (exact) mass is 298 g/mol. The van der Waals surface area contributed by atoms with Crippen molar-refractivity contribution in [1.82, 2.24) is 20.1 Å². The highest BCUT2D eigenvalue weighted by Gasteiger charge is 2.12. The molecule has 0 aliphatic rings. The van der Waals surface area contributed by atoms with Crippen LogP contribution in [0.1, 0.15) is 37.7 Å². The van der Waals surface area contributed by atoms with Crippen LogP contribution in [0.3, 0.4) is 0 Å². The summed E-state index contributed by atoms with van der Waals surface area (Å²) in [4.78, 5) is 12.0. The third-order valence-electron chi connectivity index (χ3n) is 3.52. The minimum absolute atomic E-state index is 0.0962. The molecule has 5 heteroatoms. The van der Waals surface area contributed by atoms with Crippen LogP contribution >= 0.6 is 0 Å². The molecular weight excluding hydrogens is 276 g/mol. The van der Waals surface area contributed by atoms with Crippen LogP contribution < -0.4 is 5.32 Å². The van der Waals surface area contributed by atoms with Gasteiger partial charge in [0.1, 0.15) is 6.33 Å². The van der Waals surface area contributed by atoms with Gasteiger partial charge in [-0.1, -0.05) is 35.9 Å². The molecule has 1 amide bonds. The van der Waals surface area contributed by atoms with Crippen molar-refractivity contribution < 1.29 is 4.79 Å². The molecule has 1 aromatic carbocycles. The Bertz CT molecular complexity index is 646. The zero-order chi connectivity index (χ0) is 15.9. The van der Waals surface area contributed by atoms with Crippen LogP contribution in [0.5, 0.6) is 0 Å². The van der Waals surface area contributed by atoms with Gasteiger partial charge in [-0.15, -0.1) is 10.2 Å². The second-order valence-electron chi connectivity index (χ2n) is 5.51. The summed E-state index contributed by atoms with van der Waals surface area (Å²) in [6, 6.07) is 10.1. The van der Waals surface area contributed by atoms with Crippen LogP contribution in [0.2, 0.25) is 0 Å².